The van der Waals surface area contributed by atoms with E-state index in [2.05, 4.69) is 16.8 Å². The summed E-state index contributed by atoms with van der Waals surface area (Å²) in [6, 6.07) is 5.08. The second-order valence-corrected chi connectivity index (χ2v) is 5.29. The second-order valence-electron chi connectivity index (χ2n) is 5.29. The largest absolute Gasteiger partial charge is 0.370 e. The summed E-state index contributed by atoms with van der Waals surface area (Å²) in [4.78, 5) is 25.7. The van der Waals surface area contributed by atoms with Gasteiger partial charge in [-0.1, -0.05) is 0 Å². The first-order valence-electron chi connectivity index (χ1n) is 6.68. The highest BCUT2D eigenvalue weighted by Gasteiger charge is 2.23. The van der Waals surface area contributed by atoms with Gasteiger partial charge in [0.2, 0.25) is 0 Å². The van der Waals surface area contributed by atoms with Gasteiger partial charge in [-0.15, -0.1) is 0 Å². The molecule has 0 aliphatic carbocycles. The van der Waals surface area contributed by atoms with Crippen molar-refractivity contribution in [1.29, 1.82) is 0 Å². The number of rotatable bonds is 4. The zero-order chi connectivity index (χ0) is 14.7. The molecule has 0 bridgehead atoms. The molecule has 1 aliphatic heterocycles. The Kier molecular flexibility index (Phi) is 4.34. The second kappa shape index (κ2) is 6.00. The Morgan fingerprint density at radius 1 is 1.50 bits per heavy atom. The highest BCUT2D eigenvalue weighted by atomic mass is 16.6. The topological polar surface area (TPSA) is 66.7 Å². The maximum atomic E-state index is 11.0. The van der Waals surface area contributed by atoms with Gasteiger partial charge in [-0.05, 0) is 38.6 Å². The molecule has 2 rings (SSSR count). The summed E-state index contributed by atoms with van der Waals surface area (Å²) in [5.41, 5.74) is 0.833. The van der Waals surface area contributed by atoms with Crippen LogP contribution in [0.25, 0.3) is 0 Å². The van der Waals surface area contributed by atoms with Crippen molar-refractivity contribution >= 4 is 17.7 Å². The standard InChI is InChI=1S/C14H19N3O3/c1-15-7-3-4-13(9-15)16(2)12-5-6-14(17(19)20)11(8-12)10-18/h5-6,8,10,13H,3-4,7,9H2,1-2H3. The van der Waals surface area contributed by atoms with Gasteiger partial charge in [0.05, 0.1) is 10.5 Å². The van der Waals surface area contributed by atoms with Gasteiger partial charge >= 0.3 is 0 Å². The summed E-state index contributed by atoms with van der Waals surface area (Å²) in [6.45, 7) is 2.06. The molecule has 0 radical (unpaired) electrons. The molecule has 1 aromatic carbocycles. The van der Waals surface area contributed by atoms with Crippen molar-refractivity contribution in [2.45, 2.75) is 18.9 Å². The van der Waals surface area contributed by atoms with E-state index >= 15 is 0 Å². The zero-order valence-electron chi connectivity index (χ0n) is 11.8. The lowest BCUT2D eigenvalue weighted by molar-refractivity contribution is -0.385. The van der Waals surface area contributed by atoms with E-state index in [0.717, 1.165) is 31.6 Å². The highest BCUT2D eigenvalue weighted by molar-refractivity contribution is 5.83. The molecule has 0 saturated carbocycles. The normalized spacial score (nSPS) is 19.6. The molecule has 1 atom stereocenters. The van der Waals surface area contributed by atoms with Gasteiger partial charge in [-0.3, -0.25) is 14.9 Å². The number of nitro groups is 1. The number of likely N-dealkylation sites (N-methyl/N-ethyl adjacent to an activating group) is 2. The van der Waals surface area contributed by atoms with E-state index in [1.165, 1.54) is 6.07 Å². The fourth-order valence-electron chi connectivity index (χ4n) is 2.69. The van der Waals surface area contributed by atoms with Crippen LogP contribution < -0.4 is 4.90 Å². The Balaban J connectivity index is 2.23. The number of hydrogen-bond donors (Lipinski definition) is 0. The Morgan fingerprint density at radius 2 is 2.25 bits per heavy atom. The van der Waals surface area contributed by atoms with Crippen LogP contribution in [0.3, 0.4) is 0 Å². The summed E-state index contributed by atoms with van der Waals surface area (Å²) >= 11 is 0. The number of aldehydes is 1. The van der Waals surface area contributed by atoms with Crippen LogP contribution in [0, 0.1) is 10.1 Å². The first kappa shape index (κ1) is 14.5. The molecule has 1 unspecified atom stereocenters. The fraction of sp³-hybridized carbons (Fsp3) is 0.500. The molecule has 0 aromatic heterocycles. The first-order valence-corrected chi connectivity index (χ1v) is 6.68. The van der Waals surface area contributed by atoms with Gasteiger partial charge in [-0.25, -0.2) is 0 Å². The molecule has 1 fully saturated rings. The Bertz CT molecular complexity index is 518. The third-order valence-corrected chi connectivity index (χ3v) is 3.89. The van der Waals surface area contributed by atoms with E-state index < -0.39 is 4.92 Å². The van der Waals surface area contributed by atoms with Gasteiger partial charge in [0.1, 0.15) is 0 Å². The molecular formula is C14H19N3O3. The first-order chi connectivity index (χ1) is 9.52. The van der Waals surface area contributed by atoms with E-state index in [-0.39, 0.29) is 11.3 Å². The number of hydrogen-bond acceptors (Lipinski definition) is 5. The summed E-state index contributed by atoms with van der Waals surface area (Å²) < 4.78 is 0. The van der Waals surface area contributed by atoms with E-state index in [0.29, 0.717) is 12.3 Å². The maximum Gasteiger partial charge on any atom is 0.280 e. The average Bonchev–Trinajstić information content (AvgIpc) is 2.45. The maximum absolute atomic E-state index is 11.0. The van der Waals surface area contributed by atoms with Gasteiger partial charge in [0.25, 0.3) is 5.69 Å². The fourth-order valence-corrected chi connectivity index (χ4v) is 2.69. The average molecular weight is 277 g/mol. The molecule has 108 valence electrons. The van der Waals surface area contributed by atoms with Crippen LogP contribution in [0.4, 0.5) is 11.4 Å². The van der Waals surface area contributed by atoms with Crippen LogP contribution in [-0.4, -0.2) is 49.3 Å². The minimum absolute atomic E-state index is 0.128. The van der Waals surface area contributed by atoms with Crippen LogP contribution in [-0.2, 0) is 0 Å². The van der Waals surface area contributed by atoms with Crippen LogP contribution >= 0.6 is 0 Å². The minimum Gasteiger partial charge on any atom is -0.370 e. The smallest absolute Gasteiger partial charge is 0.280 e. The SMILES string of the molecule is CN1CCCC(N(C)c2ccc([N+](=O)[O-])c(C=O)c2)C1. The molecule has 0 N–H and O–H groups in total. The summed E-state index contributed by atoms with van der Waals surface area (Å²) in [5, 5.41) is 10.8. The van der Waals surface area contributed by atoms with Crippen molar-refractivity contribution in [2.75, 3.05) is 32.1 Å². The molecule has 1 heterocycles. The Hall–Kier alpha value is -1.95. The van der Waals surface area contributed by atoms with Gasteiger partial charge < -0.3 is 9.80 Å². The lowest BCUT2D eigenvalue weighted by atomic mass is 10.0. The highest BCUT2D eigenvalue weighted by Crippen LogP contribution is 2.26. The van der Waals surface area contributed by atoms with E-state index in [1.54, 1.807) is 12.1 Å². The number of benzene rings is 1. The van der Waals surface area contributed by atoms with Crippen LogP contribution in [0.5, 0.6) is 0 Å². The van der Waals surface area contributed by atoms with Crippen LogP contribution in [0.1, 0.15) is 23.2 Å². The monoisotopic (exact) mass is 277 g/mol. The number of likely N-dealkylation sites (tertiary alicyclic amines) is 1. The molecule has 1 saturated heterocycles. The number of carbonyl (C=O) groups is 1. The molecule has 1 aliphatic rings. The number of anilines is 1. The lowest BCUT2D eigenvalue weighted by Crippen LogP contribution is -2.45. The van der Waals surface area contributed by atoms with Crippen molar-refractivity contribution in [1.82, 2.24) is 4.90 Å². The Labute approximate surface area is 118 Å². The van der Waals surface area contributed by atoms with Crippen molar-refractivity contribution in [3.63, 3.8) is 0 Å². The van der Waals surface area contributed by atoms with Crippen molar-refractivity contribution < 1.29 is 9.72 Å². The third kappa shape index (κ3) is 2.96. The summed E-state index contributed by atoms with van der Waals surface area (Å²) in [5.74, 6) is 0. The van der Waals surface area contributed by atoms with Gasteiger partial charge in [0.15, 0.2) is 6.29 Å². The van der Waals surface area contributed by atoms with E-state index in [1.807, 2.05) is 7.05 Å². The molecule has 6 heteroatoms. The van der Waals surface area contributed by atoms with Crippen molar-refractivity contribution in [3.05, 3.63) is 33.9 Å². The number of carbonyl (C=O) groups excluding carboxylic acids is 1. The molecule has 1 aromatic rings. The van der Waals surface area contributed by atoms with E-state index in [4.69, 9.17) is 0 Å². The van der Waals surface area contributed by atoms with E-state index in [9.17, 15) is 14.9 Å². The summed E-state index contributed by atoms with van der Waals surface area (Å²) in [7, 11) is 4.06. The van der Waals surface area contributed by atoms with Gasteiger partial charge in [0, 0.05) is 31.4 Å². The molecule has 20 heavy (non-hydrogen) atoms. The lowest BCUT2D eigenvalue weighted by Gasteiger charge is -2.37. The molecule has 6 nitrogen and oxygen atoms in total. The Morgan fingerprint density at radius 3 is 2.85 bits per heavy atom. The number of nitro benzene ring substituents is 1. The molecule has 0 amide bonds. The van der Waals surface area contributed by atoms with Crippen molar-refractivity contribution in [3.8, 4) is 0 Å². The number of piperidine rings is 1. The quantitative estimate of drug-likeness (QED) is 0.478. The van der Waals surface area contributed by atoms with Gasteiger partial charge in [-0.2, -0.15) is 0 Å². The predicted molar refractivity (Wildman–Crippen MR) is 77.4 cm³/mol. The zero-order valence-corrected chi connectivity index (χ0v) is 11.8. The predicted octanol–water partition coefficient (Wildman–Crippen LogP) is 1.94. The minimum atomic E-state index is -0.526. The van der Waals surface area contributed by atoms with Crippen molar-refractivity contribution in [2.24, 2.45) is 0 Å². The number of nitrogens with zero attached hydrogens (tertiary/aromatic N) is 3. The third-order valence-electron chi connectivity index (χ3n) is 3.89. The molecule has 0 spiro atoms. The van der Waals surface area contributed by atoms with Crippen LogP contribution in [0.15, 0.2) is 18.2 Å². The van der Waals surface area contributed by atoms with Crippen LogP contribution in [0.2, 0.25) is 0 Å². The molecular weight excluding hydrogens is 258 g/mol. The summed E-state index contributed by atoms with van der Waals surface area (Å²) in [6.07, 6.45) is 2.77.